The highest BCUT2D eigenvalue weighted by atomic mass is 16.3. The molecule has 11 heavy (non-hydrogen) atoms. The van der Waals surface area contributed by atoms with E-state index in [0.29, 0.717) is 12.0 Å². The number of rotatable bonds is 3. The van der Waals surface area contributed by atoms with E-state index in [4.69, 9.17) is 5.11 Å². The number of hydrogen-bond donors (Lipinski definition) is 2. The summed E-state index contributed by atoms with van der Waals surface area (Å²) in [5.74, 6) is 0.294. The Labute approximate surface area is 67.6 Å². The average molecular weight is 159 g/mol. The molecule has 1 atom stereocenters. The lowest BCUT2D eigenvalue weighted by molar-refractivity contribution is -0.0417. The number of hydrogen-bond acceptors (Lipinski definition) is 3. The van der Waals surface area contributed by atoms with Crippen LogP contribution in [0.4, 0.5) is 0 Å². The van der Waals surface area contributed by atoms with Crippen molar-refractivity contribution in [1.82, 2.24) is 4.90 Å². The Hall–Kier alpha value is -0.120. The van der Waals surface area contributed by atoms with Crippen LogP contribution in [-0.2, 0) is 0 Å². The average Bonchev–Trinajstić information content (AvgIpc) is 1.83. The zero-order chi connectivity index (χ0) is 8.43. The molecule has 66 valence electrons. The van der Waals surface area contributed by atoms with Crippen LogP contribution in [0.3, 0.4) is 0 Å². The van der Waals surface area contributed by atoms with Gasteiger partial charge in [-0.25, -0.2) is 0 Å². The maximum atomic E-state index is 9.20. The first kappa shape index (κ1) is 8.97. The molecule has 0 saturated carbocycles. The quantitative estimate of drug-likeness (QED) is 0.593. The summed E-state index contributed by atoms with van der Waals surface area (Å²) in [4.78, 5) is 2.28. The molecule has 0 aromatic carbocycles. The first-order valence-electron chi connectivity index (χ1n) is 4.18. The Morgan fingerprint density at radius 2 is 2.00 bits per heavy atom. The SMILES string of the molecule is CC(C)N1CC(C(O)CO)C1. The van der Waals surface area contributed by atoms with Crippen molar-refractivity contribution in [3.63, 3.8) is 0 Å². The van der Waals surface area contributed by atoms with Crippen molar-refractivity contribution in [1.29, 1.82) is 0 Å². The van der Waals surface area contributed by atoms with E-state index in [0.717, 1.165) is 13.1 Å². The van der Waals surface area contributed by atoms with Gasteiger partial charge < -0.3 is 15.1 Å². The van der Waals surface area contributed by atoms with Crippen molar-refractivity contribution in [2.75, 3.05) is 19.7 Å². The standard InChI is InChI=1S/C8H17NO2/c1-6(2)9-3-7(4-9)8(11)5-10/h6-8,10-11H,3-5H2,1-2H3. The Morgan fingerprint density at radius 1 is 1.45 bits per heavy atom. The highest BCUT2D eigenvalue weighted by molar-refractivity contribution is 4.86. The number of likely N-dealkylation sites (tertiary alicyclic amines) is 1. The molecule has 2 N–H and O–H groups in total. The molecule has 0 aliphatic carbocycles. The van der Waals surface area contributed by atoms with Crippen LogP contribution in [0.5, 0.6) is 0 Å². The third-order valence-electron chi connectivity index (χ3n) is 2.40. The summed E-state index contributed by atoms with van der Waals surface area (Å²) in [6, 6.07) is 0.567. The van der Waals surface area contributed by atoms with Gasteiger partial charge in [0.2, 0.25) is 0 Å². The van der Waals surface area contributed by atoms with Gasteiger partial charge >= 0.3 is 0 Å². The Balaban J connectivity index is 2.18. The minimum atomic E-state index is -0.509. The highest BCUT2D eigenvalue weighted by Crippen LogP contribution is 2.20. The Bertz CT molecular complexity index is 121. The molecule has 0 radical (unpaired) electrons. The summed E-state index contributed by atoms with van der Waals surface area (Å²) in [6.07, 6.45) is -0.509. The fourth-order valence-electron chi connectivity index (χ4n) is 1.36. The van der Waals surface area contributed by atoms with E-state index in [1.807, 2.05) is 0 Å². The molecule has 0 spiro atoms. The van der Waals surface area contributed by atoms with Crippen LogP contribution in [0, 0.1) is 5.92 Å². The fraction of sp³-hybridized carbons (Fsp3) is 1.00. The van der Waals surface area contributed by atoms with Crippen LogP contribution in [0.15, 0.2) is 0 Å². The molecule has 3 heteroatoms. The predicted molar refractivity (Wildman–Crippen MR) is 43.3 cm³/mol. The molecule has 3 nitrogen and oxygen atoms in total. The Morgan fingerprint density at radius 3 is 2.36 bits per heavy atom. The van der Waals surface area contributed by atoms with E-state index >= 15 is 0 Å². The van der Waals surface area contributed by atoms with Crippen molar-refractivity contribution in [2.24, 2.45) is 5.92 Å². The first-order chi connectivity index (χ1) is 5.15. The third-order valence-corrected chi connectivity index (χ3v) is 2.40. The van der Waals surface area contributed by atoms with E-state index in [-0.39, 0.29) is 6.61 Å². The zero-order valence-corrected chi connectivity index (χ0v) is 7.20. The zero-order valence-electron chi connectivity index (χ0n) is 7.20. The smallest absolute Gasteiger partial charge is 0.0823 e. The topological polar surface area (TPSA) is 43.7 Å². The molecule has 0 bridgehead atoms. The van der Waals surface area contributed by atoms with Gasteiger partial charge in [-0.15, -0.1) is 0 Å². The second-order valence-corrected chi connectivity index (χ2v) is 3.56. The van der Waals surface area contributed by atoms with Crippen LogP contribution < -0.4 is 0 Å². The van der Waals surface area contributed by atoms with Crippen molar-refractivity contribution < 1.29 is 10.2 Å². The van der Waals surface area contributed by atoms with Crippen molar-refractivity contribution in [3.8, 4) is 0 Å². The summed E-state index contributed by atoms with van der Waals surface area (Å²) in [5.41, 5.74) is 0. The molecule has 0 aromatic rings. The van der Waals surface area contributed by atoms with Gasteiger partial charge in [-0.05, 0) is 13.8 Å². The minimum Gasteiger partial charge on any atom is -0.394 e. The Kier molecular flexibility index (Phi) is 2.87. The van der Waals surface area contributed by atoms with Crippen LogP contribution in [0.2, 0.25) is 0 Å². The lowest BCUT2D eigenvalue weighted by Crippen LogP contribution is -2.55. The van der Waals surface area contributed by atoms with E-state index in [1.54, 1.807) is 0 Å². The second-order valence-electron chi connectivity index (χ2n) is 3.56. The van der Waals surface area contributed by atoms with Gasteiger partial charge in [-0.1, -0.05) is 0 Å². The molecule has 0 aromatic heterocycles. The van der Waals surface area contributed by atoms with E-state index < -0.39 is 6.10 Å². The van der Waals surface area contributed by atoms with Crippen molar-refractivity contribution in [3.05, 3.63) is 0 Å². The molecule has 1 rings (SSSR count). The van der Waals surface area contributed by atoms with Gasteiger partial charge in [0.25, 0.3) is 0 Å². The molecule has 0 amide bonds. The lowest BCUT2D eigenvalue weighted by Gasteiger charge is -2.43. The summed E-state index contributed by atoms with van der Waals surface area (Å²) in [5, 5.41) is 17.8. The molecule has 1 saturated heterocycles. The number of aliphatic hydroxyl groups is 2. The normalized spacial score (nSPS) is 23.7. The minimum absolute atomic E-state index is 0.101. The van der Waals surface area contributed by atoms with Gasteiger partial charge in [0.15, 0.2) is 0 Å². The molecular formula is C8H17NO2. The fourth-order valence-corrected chi connectivity index (χ4v) is 1.36. The highest BCUT2D eigenvalue weighted by Gasteiger charge is 2.32. The maximum Gasteiger partial charge on any atom is 0.0823 e. The summed E-state index contributed by atoms with van der Waals surface area (Å²) in [7, 11) is 0. The second kappa shape index (κ2) is 3.52. The third kappa shape index (κ3) is 1.92. The molecular weight excluding hydrogens is 142 g/mol. The van der Waals surface area contributed by atoms with Gasteiger partial charge in [0.1, 0.15) is 0 Å². The molecule has 1 aliphatic rings. The largest absolute Gasteiger partial charge is 0.394 e. The van der Waals surface area contributed by atoms with Crippen LogP contribution >= 0.6 is 0 Å². The monoisotopic (exact) mass is 159 g/mol. The molecule has 1 fully saturated rings. The van der Waals surface area contributed by atoms with Crippen LogP contribution in [0.1, 0.15) is 13.8 Å². The molecule has 1 unspecified atom stereocenters. The summed E-state index contributed by atoms with van der Waals surface area (Å²) < 4.78 is 0. The van der Waals surface area contributed by atoms with Crippen LogP contribution in [0.25, 0.3) is 0 Å². The van der Waals surface area contributed by atoms with Crippen molar-refractivity contribution in [2.45, 2.75) is 26.0 Å². The van der Waals surface area contributed by atoms with Gasteiger partial charge in [0, 0.05) is 25.0 Å². The number of nitrogens with zero attached hydrogens (tertiary/aromatic N) is 1. The summed E-state index contributed by atoms with van der Waals surface area (Å²) >= 11 is 0. The van der Waals surface area contributed by atoms with Gasteiger partial charge in [0.05, 0.1) is 12.7 Å². The van der Waals surface area contributed by atoms with E-state index in [1.165, 1.54) is 0 Å². The van der Waals surface area contributed by atoms with Gasteiger partial charge in [-0.3, -0.25) is 0 Å². The maximum absolute atomic E-state index is 9.20. The molecule has 1 aliphatic heterocycles. The lowest BCUT2D eigenvalue weighted by atomic mass is 9.93. The molecule has 1 heterocycles. The van der Waals surface area contributed by atoms with E-state index in [2.05, 4.69) is 18.7 Å². The summed E-state index contributed by atoms with van der Waals surface area (Å²) in [6.45, 7) is 6.04. The van der Waals surface area contributed by atoms with Gasteiger partial charge in [-0.2, -0.15) is 0 Å². The van der Waals surface area contributed by atoms with Crippen molar-refractivity contribution >= 4 is 0 Å². The number of aliphatic hydroxyl groups excluding tert-OH is 2. The van der Waals surface area contributed by atoms with E-state index in [9.17, 15) is 5.11 Å². The van der Waals surface area contributed by atoms with Crippen LogP contribution in [-0.4, -0.2) is 47.0 Å². The predicted octanol–water partition coefficient (Wildman–Crippen LogP) is -0.320. The first-order valence-corrected chi connectivity index (χ1v) is 4.18.